The third-order valence-corrected chi connectivity index (χ3v) is 1.65. The molecule has 0 bridgehead atoms. The van der Waals surface area contributed by atoms with Crippen molar-refractivity contribution >= 4 is 6.08 Å². The van der Waals surface area contributed by atoms with E-state index in [0.717, 1.165) is 12.1 Å². The molecule has 0 atom stereocenters. The van der Waals surface area contributed by atoms with Crippen LogP contribution >= 0.6 is 0 Å². The van der Waals surface area contributed by atoms with Crippen LogP contribution in [0.2, 0.25) is 0 Å². The van der Waals surface area contributed by atoms with Gasteiger partial charge in [0.05, 0.1) is 5.56 Å². The van der Waals surface area contributed by atoms with Gasteiger partial charge < -0.3 is 0 Å². The second-order valence-corrected chi connectivity index (χ2v) is 2.72. The standard InChI is InChI=1S/C11H9F3/c1-2-3-4-9-5-7-10(8-6-9)11(12,13)14/h2,4-8H,1H3. The molecule has 0 saturated carbocycles. The maximum Gasteiger partial charge on any atom is 0.416 e. The predicted octanol–water partition coefficient (Wildman–Crippen LogP) is 3.89. The van der Waals surface area contributed by atoms with Crippen molar-refractivity contribution in [1.29, 1.82) is 0 Å². The Bertz CT molecular complexity index is 351. The van der Waals surface area contributed by atoms with Gasteiger partial charge in [0, 0.05) is 0 Å². The largest absolute Gasteiger partial charge is 0.416 e. The Hall–Kier alpha value is -1.47. The lowest BCUT2D eigenvalue weighted by molar-refractivity contribution is -0.137. The van der Waals surface area contributed by atoms with E-state index in [1.807, 2.05) is 0 Å². The third-order valence-electron chi connectivity index (χ3n) is 1.65. The molecule has 0 aliphatic carbocycles. The van der Waals surface area contributed by atoms with Crippen LogP contribution in [0.25, 0.3) is 6.08 Å². The topological polar surface area (TPSA) is 0 Å². The Morgan fingerprint density at radius 1 is 1.14 bits per heavy atom. The lowest BCUT2D eigenvalue weighted by Crippen LogP contribution is -2.03. The van der Waals surface area contributed by atoms with E-state index < -0.39 is 11.7 Å². The molecule has 0 aliphatic rings. The van der Waals surface area contributed by atoms with E-state index >= 15 is 0 Å². The zero-order valence-corrected chi connectivity index (χ0v) is 7.60. The highest BCUT2D eigenvalue weighted by molar-refractivity contribution is 5.49. The van der Waals surface area contributed by atoms with Gasteiger partial charge in [-0.15, -0.1) is 5.73 Å². The van der Waals surface area contributed by atoms with Gasteiger partial charge in [0.2, 0.25) is 0 Å². The van der Waals surface area contributed by atoms with Crippen molar-refractivity contribution in [3.05, 3.63) is 47.2 Å². The van der Waals surface area contributed by atoms with Gasteiger partial charge in [-0.05, 0) is 36.8 Å². The third kappa shape index (κ3) is 2.79. The SMILES string of the molecule is CC=C=Cc1ccc(C(F)(F)F)cc1. The molecule has 1 rings (SSSR count). The van der Waals surface area contributed by atoms with Gasteiger partial charge in [-0.2, -0.15) is 13.2 Å². The summed E-state index contributed by atoms with van der Waals surface area (Å²) in [6, 6.07) is 4.95. The van der Waals surface area contributed by atoms with Crippen molar-refractivity contribution in [3.63, 3.8) is 0 Å². The highest BCUT2D eigenvalue weighted by atomic mass is 19.4. The molecule has 0 saturated heterocycles. The van der Waals surface area contributed by atoms with Crippen LogP contribution in [-0.4, -0.2) is 0 Å². The molecule has 0 amide bonds. The van der Waals surface area contributed by atoms with Crippen LogP contribution in [-0.2, 0) is 6.18 Å². The molecule has 0 nitrogen and oxygen atoms in total. The number of halogens is 3. The second-order valence-electron chi connectivity index (χ2n) is 2.72. The highest BCUT2D eigenvalue weighted by Crippen LogP contribution is 2.29. The van der Waals surface area contributed by atoms with E-state index in [9.17, 15) is 13.2 Å². The van der Waals surface area contributed by atoms with Crippen molar-refractivity contribution in [2.75, 3.05) is 0 Å². The molecule has 0 spiro atoms. The van der Waals surface area contributed by atoms with Gasteiger partial charge in [-0.1, -0.05) is 12.1 Å². The molecule has 0 aliphatic heterocycles. The maximum atomic E-state index is 12.1. The van der Waals surface area contributed by atoms with E-state index in [1.165, 1.54) is 12.1 Å². The van der Waals surface area contributed by atoms with E-state index in [4.69, 9.17) is 0 Å². The predicted molar refractivity (Wildman–Crippen MR) is 49.7 cm³/mol. The zero-order chi connectivity index (χ0) is 10.6. The number of rotatable bonds is 1. The summed E-state index contributed by atoms with van der Waals surface area (Å²) in [5.41, 5.74) is 2.87. The molecule has 74 valence electrons. The van der Waals surface area contributed by atoms with Crippen LogP contribution < -0.4 is 0 Å². The van der Waals surface area contributed by atoms with Gasteiger partial charge in [0.1, 0.15) is 0 Å². The summed E-state index contributed by atoms with van der Waals surface area (Å²) in [7, 11) is 0. The average molecular weight is 198 g/mol. The Labute approximate surface area is 80.4 Å². The van der Waals surface area contributed by atoms with Crippen LogP contribution in [0.5, 0.6) is 0 Å². The van der Waals surface area contributed by atoms with Crippen LogP contribution in [0, 0.1) is 0 Å². The summed E-state index contributed by atoms with van der Waals surface area (Å²) < 4.78 is 36.4. The minimum Gasteiger partial charge on any atom is -0.166 e. The fraction of sp³-hybridized carbons (Fsp3) is 0.182. The number of hydrogen-bond donors (Lipinski definition) is 0. The molecule has 0 fully saturated rings. The lowest BCUT2D eigenvalue weighted by Gasteiger charge is -2.05. The Morgan fingerprint density at radius 3 is 2.14 bits per heavy atom. The Morgan fingerprint density at radius 2 is 1.71 bits per heavy atom. The number of benzene rings is 1. The molecule has 1 aromatic carbocycles. The molecule has 0 radical (unpaired) electrons. The van der Waals surface area contributed by atoms with Crippen molar-refractivity contribution in [1.82, 2.24) is 0 Å². The first kappa shape index (κ1) is 10.6. The van der Waals surface area contributed by atoms with Crippen LogP contribution in [0.3, 0.4) is 0 Å². The number of alkyl halides is 3. The molecule has 0 aromatic heterocycles. The van der Waals surface area contributed by atoms with Crippen molar-refractivity contribution in [2.24, 2.45) is 0 Å². The van der Waals surface area contributed by atoms with Crippen LogP contribution in [0.15, 0.2) is 36.1 Å². The first-order valence-corrected chi connectivity index (χ1v) is 4.08. The van der Waals surface area contributed by atoms with Gasteiger partial charge in [-0.3, -0.25) is 0 Å². The highest BCUT2D eigenvalue weighted by Gasteiger charge is 2.29. The maximum absolute atomic E-state index is 12.1. The minimum atomic E-state index is -4.26. The van der Waals surface area contributed by atoms with Gasteiger partial charge in [-0.25, -0.2) is 0 Å². The summed E-state index contributed by atoms with van der Waals surface area (Å²) in [6.07, 6.45) is -0.944. The van der Waals surface area contributed by atoms with E-state index in [-0.39, 0.29) is 0 Å². The molecular weight excluding hydrogens is 189 g/mol. The average Bonchev–Trinajstić information content (AvgIpc) is 2.14. The lowest BCUT2D eigenvalue weighted by atomic mass is 10.1. The first-order valence-electron chi connectivity index (χ1n) is 4.08. The van der Waals surface area contributed by atoms with Crippen molar-refractivity contribution in [3.8, 4) is 0 Å². The normalized spacial score (nSPS) is 10.6. The Kier molecular flexibility index (Phi) is 3.15. The second kappa shape index (κ2) is 4.16. The fourth-order valence-corrected chi connectivity index (χ4v) is 0.948. The quantitative estimate of drug-likeness (QED) is 0.600. The van der Waals surface area contributed by atoms with Crippen LogP contribution in [0.4, 0.5) is 13.2 Å². The molecule has 0 unspecified atom stereocenters. The molecule has 1 aromatic rings. The summed E-state index contributed by atoms with van der Waals surface area (Å²) in [5, 5.41) is 0. The fourth-order valence-electron chi connectivity index (χ4n) is 0.948. The van der Waals surface area contributed by atoms with E-state index in [2.05, 4.69) is 5.73 Å². The minimum absolute atomic E-state index is 0.630. The molecular formula is C11H9F3. The van der Waals surface area contributed by atoms with Crippen molar-refractivity contribution in [2.45, 2.75) is 13.1 Å². The summed E-state index contributed by atoms with van der Waals surface area (Å²) >= 11 is 0. The summed E-state index contributed by atoms with van der Waals surface area (Å²) in [6.45, 7) is 1.79. The van der Waals surface area contributed by atoms with Gasteiger partial charge in [0.15, 0.2) is 0 Å². The van der Waals surface area contributed by atoms with Crippen LogP contribution in [0.1, 0.15) is 18.1 Å². The first-order chi connectivity index (χ1) is 6.54. The molecule has 0 heterocycles. The number of allylic oxidation sites excluding steroid dienone is 1. The van der Waals surface area contributed by atoms with E-state index in [0.29, 0.717) is 5.56 Å². The summed E-state index contributed by atoms with van der Waals surface area (Å²) in [4.78, 5) is 0. The molecule has 3 heteroatoms. The van der Waals surface area contributed by atoms with Gasteiger partial charge in [0.25, 0.3) is 0 Å². The summed E-state index contributed by atoms with van der Waals surface area (Å²) in [5.74, 6) is 0. The Balaban J connectivity index is 2.95. The number of hydrogen-bond acceptors (Lipinski definition) is 0. The molecule has 14 heavy (non-hydrogen) atoms. The van der Waals surface area contributed by atoms with Crippen molar-refractivity contribution < 1.29 is 13.2 Å². The van der Waals surface area contributed by atoms with Gasteiger partial charge >= 0.3 is 6.18 Å². The smallest absolute Gasteiger partial charge is 0.166 e. The zero-order valence-electron chi connectivity index (χ0n) is 7.60. The monoisotopic (exact) mass is 198 g/mol. The van der Waals surface area contributed by atoms with E-state index in [1.54, 1.807) is 19.1 Å². The molecule has 0 N–H and O–H groups in total.